The Kier molecular flexibility index (Phi) is 2.59. The molecule has 0 saturated heterocycles. The Morgan fingerprint density at radius 3 is 2.69 bits per heavy atom. The van der Waals surface area contributed by atoms with E-state index in [1.807, 2.05) is 0 Å². The lowest BCUT2D eigenvalue weighted by Crippen LogP contribution is -2.03. The molecule has 3 nitrogen and oxygen atoms in total. The van der Waals surface area contributed by atoms with Crippen LogP contribution in [0.5, 0.6) is 0 Å². The minimum atomic E-state index is -0.881. The third kappa shape index (κ3) is 1.82. The van der Waals surface area contributed by atoms with Crippen molar-refractivity contribution in [2.24, 2.45) is 0 Å². The Bertz CT molecular complexity index is 369. The van der Waals surface area contributed by atoms with Gasteiger partial charge in [0.1, 0.15) is 0 Å². The van der Waals surface area contributed by atoms with Crippen molar-refractivity contribution < 1.29 is 9.59 Å². The molecule has 0 aliphatic heterocycles. The van der Waals surface area contributed by atoms with Gasteiger partial charge in [-0.25, -0.2) is 0 Å². The molecule has 1 amide bonds. The Hall–Kier alpha value is -1.90. The fraction of sp³-hybridized carbons (Fsp3) is 0. The summed E-state index contributed by atoms with van der Waals surface area (Å²) in [4.78, 5) is 21.1. The topological polar surface area (TPSA) is 57.9 Å². The summed E-state index contributed by atoms with van der Waals surface area (Å²) in [5, 5.41) is 0. The number of carbonyl (C=O) groups excluding carboxylic acids is 2. The van der Waals surface area contributed by atoms with Crippen molar-refractivity contribution in [2.45, 2.75) is 0 Å². The van der Waals surface area contributed by atoms with Gasteiger partial charge in [0, 0.05) is 5.56 Å². The molecule has 1 rings (SSSR count). The SMILES string of the molecule is C=Cc1ccc(C([NH])=O)c([C]=O)c1. The Labute approximate surface area is 75.9 Å². The van der Waals surface area contributed by atoms with Crippen LogP contribution in [0.15, 0.2) is 24.8 Å². The van der Waals surface area contributed by atoms with Crippen LogP contribution in [0.1, 0.15) is 21.5 Å². The van der Waals surface area contributed by atoms with Crippen molar-refractivity contribution in [1.29, 1.82) is 0 Å². The van der Waals surface area contributed by atoms with Crippen LogP contribution in [0.3, 0.4) is 0 Å². The summed E-state index contributed by atoms with van der Waals surface area (Å²) in [7, 11) is 0. The third-order valence-electron chi connectivity index (χ3n) is 1.63. The van der Waals surface area contributed by atoms with Gasteiger partial charge in [-0.15, -0.1) is 0 Å². The molecule has 0 unspecified atom stereocenters. The van der Waals surface area contributed by atoms with Crippen LogP contribution in [-0.4, -0.2) is 12.2 Å². The van der Waals surface area contributed by atoms with E-state index in [-0.39, 0.29) is 11.1 Å². The zero-order valence-corrected chi connectivity index (χ0v) is 6.83. The van der Waals surface area contributed by atoms with Crippen LogP contribution >= 0.6 is 0 Å². The predicted octanol–water partition coefficient (Wildman–Crippen LogP) is 1.21. The Morgan fingerprint density at radius 1 is 1.54 bits per heavy atom. The smallest absolute Gasteiger partial charge is 0.270 e. The minimum Gasteiger partial charge on any atom is -0.285 e. The fourth-order valence-electron chi connectivity index (χ4n) is 0.971. The zero-order valence-electron chi connectivity index (χ0n) is 6.83. The molecule has 1 N–H and O–H groups in total. The van der Waals surface area contributed by atoms with Gasteiger partial charge in [0.15, 0.2) is 0 Å². The van der Waals surface area contributed by atoms with Gasteiger partial charge in [0.2, 0.25) is 6.29 Å². The Balaban J connectivity index is 3.31. The first-order valence-electron chi connectivity index (χ1n) is 3.59. The maximum Gasteiger partial charge on any atom is 0.270 e. The number of amides is 1. The van der Waals surface area contributed by atoms with E-state index in [4.69, 9.17) is 5.73 Å². The molecule has 0 aliphatic carbocycles. The van der Waals surface area contributed by atoms with Gasteiger partial charge in [0.05, 0.1) is 5.56 Å². The first kappa shape index (κ1) is 9.19. The maximum absolute atomic E-state index is 10.7. The number of hydrogen-bond acceptors (Lipinski definition) is 2. The average molecular weight is 173 g/mol. The second-order valence-corrected chi connectivity index (χ2v) is 2.44. The van der Waals surface area contributed by atoms with Gasteiger partial charge in [-0.3, -0.25) is 15.3 Å². The summed E-state index contributed by atoms with van der Waals surface area (Å²) < 4.78 is 0. The van der Waals surface area contributed by atoms with E-state index in [0.717, 1.165) is 5.56 Å². The second kappa shape index (κ2) is 3.67. The van der Waals surface area contributed by atoms with Gasteiger partial charge in [-0.05, 0) is 17.7 Å². The summed E-state index contributed by atoms with van der Waals surface area (Å²) >= 11 is 0. The lowest BCUT2D eigenvalue weighted by molar-refractivity contribution is 0.0992. The van der Waals surface area contributed by atoms with Crippen molar-refractivity contribution in [3.8, 4) is 0 Å². The zero-order chi connectivity index (χ0) is 9.84. The number of hydrogen-bond donors (Lipinski definition) is 0. The predicted molar refractivity (Wildman–Crippen MR) is 48.8 cm³/mol. The summed E-state index contributed by atoms with van der Waals surface area (Å²) in [5.41, 5.74) is 7.75. The van der Waals surface area contributed by atoms with Crippen LogP contribution in [0.4, 0.5) is 0 Å². The molecule has 2 radical (unpaired) electrons. The third-order valence-corrected chi connectivity index (χ3v) is 1.63. The number of nitrogens with one attached hydrogen (secondary N) is 1. The molecule has 0 bridgehead atoms. The first-order valence-corrected chi connectivity index (χ1v) is 3.59. The molecule has 0 aliphatic rings. The summed E-state index contributed by atoms with van der Waals surface area (Å²) in [6.07, 6.45) is 3.17. The molecule has 0 spiro atoms. The highest BCUT2D eigenvalue weighted by Crippen LogP contribution is 2.10. The fourth-order valence-corrected chi connectivity index (χ4v) is 0.971. The molecule has 13 heavy (non-hydrogen) atoms. The molecule has 0 saturated carbocycles. The second-order valence-electron chi connectivity index (χ2n) is 2.44. The number of carbonyl (C=O) groups is 1. The Morgan fingerprint density at radius 2 is 2.23 bits per heavy atom. The van der Waals surface area contributed by atoms with Crippen molar-refractivity contribution in [3.05, 3.63) is 41.5 Å². The monoisotopic (exact) mass is 173 g/mol. The van der Waals surface area contributed by atoms with E-state index in [2.05, 4.69) is 6.58 Å². The molecule has 0 heterocycles. The average Bonchev–Trinajstić information content (AvgIpc) is 2.16. The van der Waals surface area contributed by atoms with Gasteiger partial charge in [-0.2, -0.15) is 0 Å². The summed E-state index contributed by atoms with van der Waals surface area (Å²) in [6.45, 7) is 3.52. The van der Waals surface area contributed by atoms with Crippen LogP contribution in [0.2, 0.25) is 0 Å². The highest BCUT2D eigenvalue weighted by atomic mass is 16.1. The highest BCUT2D eigenvalue weighted by Gasteiger charge is 2.08. The summed E-state index contributed by atoms with van der Waals surface area (Å²) in [5.74, 6) is -0.881. The van der Waals surface area contributed by atoms with Crippen molar-refractivity contribution in [3.63, 3.8) is 0 Å². The molecule has 1 aromatic carbocycles. The van der Waals surface area contributed by atoms with Gasteiger partial charge < -0.3 is 0 Å². The molecule has 3 heteroatoms. The van der Waals surface area contributed by atoms with Gasteiger partial charge >= 0.3 is 0 Å². The molecule has 1 aromatic rings. The van der Waals surface area contributed by atoms with E-state index in [0.29, 0.717) is 0 Å². The lowest BCUT2D eigenvalue weighted by Gasteiger charge is -1.99. The summed E-state index contributed by atoms with van der Waals surface area (Å²) in [6, 6.07) is 4.52. The lowest BCUT2D eigenvalue weighted by atomic mass is 10.0. The molecule has 0 atom stereocenters. The van der Waals surface area contributed by atoms with Crippen LogP contribution in [-0.2, 0) is 4.79 Å². The van der Waals surface area contributed by atoms with Crippen molar-refractivity contribution in [1.82, 2.24) is 5.73 Å². The van der Waals surface area contributed by atoms with E-state index in [1.165, 1.54) is 12.1 Å². The molecule has 0 fully saturated rings. The standard InChI is InChI=1S/C10H7NO2/c1-2-7-3-4-9(10(11)13)8(5-7)6-12/h2-5,11H,1H2. The van der Waals surface area contributed by atoms with Crippen LogP contribution in [0.25, 0.3) is 6.08 Å². The maximum atomic E-state index is 10.7. The van der Waals surface area contributed by atoms with E-state index < -0.39 is 5.91 Å². The molecular formula is C10H7NO2. The van der Waals surface area contributed by atoms with Crippen molar-refractivity contribution in [2.75, 3.05) is 0 Å². The molecular weight excluding hydrogens is 166 g/mol. The van der Waals surface area contributed by atoms with E-state index in [1.54, 1.807) is 18.4 Å². The normalized spacial score (nSPS) is 9.23. The van der Waals surface area contributed by atoms with Gasteiger partial charge in [0.25, 0.3) is 5.91 Å². The largest absolute Gasteiger partial charge is 0.285 e. The molecule has 0 aromatic heterocycles. The quantitative estimate of drug-likeness (QED) is 0.689. The van der Waals surface area contributed by atoms with Gasteiger partial charge in [-0.1, -0.05) is 18.7 Å². The highest BCUT2D eigenvalue weighted by molar-refractivity contribution is 6.00. The van der Waals surface area contributed by atoms with E-state index >= 15 is 0 Å². The molecule has 64 valence electrons. The van der Waals surface area contributed by atoms with E-state index in [9.17, 15) is 9.59 Å². The number of rotatable bonds is 3. The van der Waals surface area contributed by atoms with Crippen LogP contribution in [0, 0.1) is 0 Å². The number of benzene rings is 1. The minimum absolute atomic E-state index is 0.0700. The first-order chi connectivity index (χ1) is 6.19. The van der Waals surface area contributed by atoms with Crippen molar-refractivity contribution >= 4 is 18.3 Å². The van der Waals surface area contributed by atoms with Crippen LogP contribution < -0.4 is 5.73 Å².